The van der Waals surface area contributed by atoms with E-state index in [0.717, 1.165) is 0 Å². The maximum absolute atomic E-state index is 5.62. The van der Waals surface area contributed by atoms with Gasteiger partial charge in [-0.25, -0.2) is 5.84 Å². The van der Waals surface area contributed by atoms with E-state index in [2.05, 4.69) is 20.4 Å². The molecule has 0 bridgehead atoms. The predicted molar refractivity (Wildman–Crippen MR) is 73.8 cm³/mol. The standard InChI is InChI=1S/C12H15N5O4/c1-18-7-5-4-6-8(19-2)9(7)21-12-15-10(17-13)14-11(16-12)20-3/h4-6H,13H2,1-3H3,(H,14,15,16,17). The van der Waals surface area contributed by atoms with E-state index >= 15 is 0 Å². The number of hydrazine groups is 1. The maximum Gasteiger partial charge on any atom is 0.330 e. The molecule has 0 unspecified atom stereocenters. The molecule has 0 aliphatic heterocycles. The summed E-state index contributed by atoms with van der Waals surface area (Å²) in [6.07, 6.45) is 0. The summed E-state index contributed by atoms with van der Waals surface area (Å²) in [5, 5.41) is 0. The average molecular weight is 293 g/mol. The lowest BCUT2D eigenvalue weighted by atomic mass is 10.3. The van der Waals surface area contributed by atoms with E-state index < -0.39 is 0 Å². The number of nitrogens with zero attached hydrogens (tertiary/aromatic N) is 3. The molecule has 0 amide bonds. The van der Waals surface area contributed by atoms with E-state index in [1.54, 1.807) is 18.2 Å². The monoisotopic (exact) mass is 293 g/mol. The molecular weight excluding hydrogens is 278 g/mol. The van der Waals surface area contributed by atoms with Gasteiger partial charge in [0.25, 0.3) is 0 Å². The number of aromatic nitrogens is 3. The van der Waals surface area contributed by atoms with Crippen LogP contribution in [0, 0.1) is 0 Å². The Hall–Kier alpha value is -2.81. The van der Waals surface area contributed by atoms with Crippen LogP contribution in [0.25, 0.3) is 0 Å². The Bertz CT molecular complexity index is 578. The summed E-state index contributed by atoms with van der Waals surface area (Å²) in [5.41, 5.74) is 2.30. The van der Waals surface area contributed by atoms with Gasteiger partial charge in [0.1, 0.15) is 0 Å². The number of ether oxygens (including phenoxy) is 4. The molecule has 0 saturated carbocycles. The molecule has 2 aromatic rings. The van der Waals surface area contributed by atoms with Gasteiger partial charge in [-0.1, -0.05) is 6.07 Å². The largest absolute Gasteiger partial charge is 0.493 e. The lowest BCUT2D eigenvalue weighted by molar-refractivity contribution is 0.326. The molecule has 0 fully saturated rings. The van der Waals surface area contributed by atoms with Crippen LogP contribution in [0.4, 0.5) is 5.95 Å². The van der Waals surface area contributed by atoms with Crippen molar-refractivity contribution in [3.05, 3.63) is 18.2 Å². The first kappa shape index (κ1) is 14.6. The highest BCUT2D eigenvalue weighted by atomic mass is 16.5. The number of rotatable bonds is 6. The van der Waals surface area contributed by atoms with E-state index in [1.807, 2.05) is 0 Å². The van der Waals surface area contributed by atoms with Crippen molar-refractivity contribution >= 4 is 5.95 Å². The van der Waals surface area contributed by atoms with Crippen molar-refractivity contribution in [1.29, 1.82) is 0 Å². The van der Waals surface area contributed by atoms with Crippen LogP contribution in [0.3, 0.4) is 0 Å². The zero-order valence-electron chi connectivity index (χ0n) is 11.8. The molecule has 21 heavy (non-hydrogen) atoms. The average Bonchev–Trinajstić information content (AvgIpc) is 2.54. The highest BCUT2D eigenvalue weighted by Gasteiger charge is 2.15. The SMILES string of the molecule is COc1nc(NN)nc(Oc2c(OC)cccc2OC)n1. The van der Waals surface area contributed by atoms with Crippen LogP contribution in [0.1, 0.15) is 0 Å². The fourth-order valence-electron chi connectivity index (χ4n) is 1.55. The number of nitrogens with one attached hydrogen (secondary N) is 1. The molecule has 9 heteroatoms. The fraction of sp³-hybridized carbons (Fsp3) is 0.250. The second-order valence-electron chi connectivity index (χ2n) is 3.67. The van der Waals surface area contributed by atoms with Crippen LogP contribution >= 0.6 is 0 Å². The van der Waals surface area contributed by atoms with Crippen molar-refractivity contribution in [3.63, 3.8) is 0 Å². The summed E-state index contributed by atoms with van der Waals surface area (Å²) in [6, 6.07) is 5.25. The molecule has 0 aliphatic rings. The summed E-state index contributed by atoms with van der Waals surface area (Å²) in [6.45, 7) is 0. The first-order chi connectivity index (χ1) is 10.2. The quantitative estimate of drug-likeness (QED) is 0.594. The number of nitrogens with two attached hydrogens (primary N) is 1. The normalized spacial score (nSPS) is 9.90. The summed E-state index contributed by atoms with van der Waals surface area (Å²) in [7, 11) is 4.45. The Kier molecular flexibility index (Phi) is 4.57. The molecule has 1 heterocycles. The van der Waals surface area contributed by atoms with Gasteiger partial charge in [0.05, 0.1) is 21.3 Å². The van der Waals surface area contributed by atoms with Crippen LogP contribution in [0.5, 0.6) is 29.3 Å². The van der Waals surface area contributed by atoms with Crippen molar-refractivity contribution in [1.82, 2.24) is 15.0 Å². The van der Waals surface area contributed by atoms with Gasteiger partial charge in [0.15, 0.2) is 11.5 Å². The minimum atomic E-state index is -0.0161. The molecule has 0 aliphatic carbocycles. The second kappa shape index (κ2) is 6.57. The molecule has 0 spiro atoms. The number of methoxy groups -OCH3 is 3. The van der Waals surface area contributed by atoms with E-state index in [9.17, 15) is 0 Å². The summed E-state index contributed by atoms with van der Waals surface area (Å²) in [4.78, 5) is 11.8. The smallest absolute Gasteiger partial charge is 0.330 e. The predicted octanol–water partition coefficient (Wildman–Crippen LogP) is 0.975. The van der Waals surface area contributed by atoms with E-state index in [0.29, 0.717) is 17.2 Å². The number of para-hydroxylation sites is 1. The summed E-state index contributed by atoms with van der Waals surface area (Å²) < 4.78 is 21.0. The third-order valence-corrected chi connectivity index (χ3v) is 2.48. The Labute approximate surface area is 121 Å². The summed E-state index contributed by atoms with van der Waals surface area (Å²) in [5.74, 6) is 6.66. The topological polar surface area (TPSA) is 114 Å². The van der Waals surface area contributed by atoms with Gasteiger partial charge in [-0.3, -0.25) is 5.43 Å². The van der Waals surface area contributed by atoms with Crippen molar-refractivity contribution in [2.24, 2.45) is 5.84 Å². The molecule has 3 N–H and O–H groups in total. The number of hydrogen-bond donors (Lipinski definition) is 2. The Morgan fingerprint density at radius 3 is 2.05 bits per heavy atom. The van der Waals surface area contributed by atoms with Gasteiger partial charge in [0, 0.05) is 0 Å². The highest BCUT2D eigenvalue weighted by molar-refractivity contribution is 5.52. The third-order valence-electron chi connectivity index (χ3n) is 2.48. The minimum Gasteiger partial charge on any atom is -0.493 e. The molecular formula is C12H15N5O4. The second-order valence-corrected chi connectivity index (χ2v) is 3.67. The third kappa shape index (κ3) is 3.20. The van der Waals surface area contributed by atoms with Crippen LogP contribution in [-0.4, -0.2) is 36.3 Å². The number of anilines is 1. The number of hydrogen-bond acceptors (Lipinski definition) is 9. The lowest BCUT2D eigenvalue weighted by Gasteiger charge is -2.13. The van der Waals surface area contributed by atoms with Gasteiger partial charge in [0.2, 0.25) is 11.7 Å². The van der Waals surface area contributed by atoms with Crippen molar-refractivity contribution in [3.8, 4) is 29.3 Å². The number of nitrogen functional groups attached to an aromatic ring is 1. The Balaban J connectivity index is 2.42. The first-order valence-electron chi connectivity index (χ1n) is 5.87. The van der Waals surface area contributed by atoms with E-state index in [1.165, 1.54) is 21.3 Å². The van der Waals surface area contributed by atoms with Crippen molar-refractivity contribution in [2.45, 2.75) is 0 Å². The summed E-state index contributed by atoms with van der Waals surface area (Å²) >= 11 is 0. The fourth-order valence-corrected chi connectivity index (χ4v) is 1.55. The van der Waals surface area contributed by atoms with Crippen LogP contribution in [0.2, 0.25) is 0 Å². The van der Waals surface area contributed by atoms with Gasteiger partial charge < -0.3 is 18.9 Å². The van der Waals surface area contributed by atoms with Gasteiger partial charge in [-0.2, -0.15) is 9.97 Å². The molecule has 9 nitrogen and oxygen atoms in total. The molecule has 112 valence electrons. The Morgan fingerprint density at radius 2 is 1.52 bits per heavy atom. The molecule has 1 aromatic heterocycles. The maximum atomic E-state index is 5.62. The highest BCUT2D eigenvalue weighted by Crippen LogP contribution is 2.39. The van der Waals surface area contributed by atoms with Crippen LogP contribution in [-0.2, 0) is 0 Å². The number of benzene rings is 1. The van der Waals surface area contributed by atoms with Gasteiger partial charge in [-0.15, -0.1) is 4.98 Å². The molecule has 0 atom stereocenters. The van der Waals surface area contributed by atoms with E-state index in [-0.39, 0.29) is 18.0 Å². The van der Waals surface area contributed by atoms with Crippen LogP contribution in [0.15, 0.2) is 18.2 Å². The first-order valence-corrected chi connectivity index (χ1v) is 5.87. The molecule has 0 saturated heterocycles. The molecule has 1 aromatic carbocycles. The zero-order valence-corrected chi connectivity index (χ0v) is 11.8. The molecule has 2 rings (SSSR count). The zero-order chi connectivity index (χ0) is 15.2. The van der Waals surface area contributed by atoms with Crippen molar-refractivity contribution < 1.29 is 18.9 Å². The van der Waals surface area contributed by atoms with Crippen molar-refractivity contribution in [2.75, 3.05) is 26.8 Å². The Morgan fingerprint density at radius 1 is 0.905 bits per heavy atom. The minimum absolute atomic E-state index is 0.0161. The molecule has 0 radical (unpaired) electrons. The van der Waals surface area contributed by atoms with Gasteiger partial charge >= 0.3 is 12.0 Å². The van der Waals surface area contributed by atoms with Gasteiger partial charge in [-0.05, 0) is 12.1 Å². The van der Waals surface area contributed by atoms with E-state index in [4.69, 9.17) is 24.8 Å². The lowest BCUT2D eigenvalue weighted by Crippen LogP contribution is -2.12. The van der Waals surface area contributed by atoms with Crippen LogP contribution < -0.4 is 30.2 Å².